The number of aromatic nitrogens is 4. The van der Waals surface area contributed by atoms with Crippen LogP contribution in [0.4, 0.5) is 4.39 Å². The summed E-state index contributed by atoms with van der Waals surface area (Å²) in [5.41, 5.74) is 1.61. The van der Waals surface area contributed by atoms with E-state index in [0.717, 1.165) is 17.0 Å². The minimum absolute atomic E-state index is 0.0272. The molecule has 2 atom stereocenters. The van der Waals surface area contributed by atoms with Crippen molar-refractivity contribution in [1.82, 2.24) is 24.9 Å². The van der Waals surface area contributed by atoms with Gasteiger partial charge in [0.25, 0.3) is 0 Å². The fraction of sp³-hybridized carbons (Fsp3) is 0.267. The van der Waals surface area contributed by atoms with Crippen LogP contribution in [0.2, 0.25) is 0 Å². The average Bonchev–Trinajstić information content (AvgIpc) is 2.91. The molecule has 0 aliphatic heterocycles. The topological polar surface area (TPSA) is 55.1 Å². The molecule has 0 radical (unpaired) electrons. The van der Waals surface area contributed by atoms with Crippen LogP contribution in [-0.4, -0.2) is 19.6 Å². The van der Waals surface area contributed by atoms with Crippen LogP contribution in [0.25, 0.3) is 5.65 Å². The predicted octanol–water partition coefficient (Wildman–Crippen LogP) is 2.68. The number of nitrogens with one attached hydrogen (secondary N) is 1. The fourth-order valence-electron chi connectivity index (χ4n) is 2.37. The minimum Gasteiger partial charge on any atom is -0.301 e. The van der Waals surface area contributed by atoms with E-state index in [2.05, 4.69) is 20.5 Å². The van der Waals surface area contributed by atoms with E-state index >= 15 is 0 Å². The summed E-state index contributed by atoms with van der Waals surface area (Å²) in [5, 5.41) is 11.7. The van der Waals surface area contributed by atoms with E-state index < -0.39 is 0 Å². The normalized spacial score (nSPS) is 14.2. The van der Waals surface area contributed by atoms with E-state index in [0.29, 0.717) is 0 Å². The van der Waals surface area contributed by atoms with Gasteiger partial charge in [-0.3, -0.25) is 9.38 Å². The maximum Gasteiger partial charge on any atom is 0.160 e. The number of hydrogen-bond donors (Lipinski definition) is 1. The lowest BCUT2D eigenvalue weighted by Crippen LogP contribution is -2.24. The highest BCUT2D eigenvalue weighted by Crippen LogP contribution is 2.18. The Bertz CT molecular complexity index is 754. The SMILES string of the molecule is CC(NC(C)c1nnc2ccccn12)c1cncc(F)c1. The smallest absolute Gasteiger partial charge is 0.160 e. The molecule has 3 aromatic rings. The Labute approximate surface area is 121 Å². The lowest BCUT2D eigenvalue weighted by Gasteiger charge is -2.19. The molecule has 108 valence electrons. The van der Waals surface area contributed by atoms with Crippen molar-refractivity contribution in [1.29, 1.82) is 0 Å². The van der Waals surface area contributed by atoms with Gasteiger partial charge in [-0.1, -0.05) is 6.07 Å². The van der Waals surface area contributed by atoms with Gasteiger partial charge in [-0.2, -0.15) is 0 Å². The van der Waals surface area contributed by atoms with Crippen molar-refractivity contribution in [2.45, 2.75) is 25.9 Å². The number of pyridine rings is 2. The van der Waals surface area contributed by atoms with E-state index in [1.807, 2.05) is 42.6 Å². The van der Waals surface area contributed by atoms with E-state index in [-0.39, 0.29) is 17.9 Å². The molecule has 21 heavy (non-hydrogen) atoms. The number of halogens is 1. The van der Waals surface area contributed by atoms with Gasteiger partial charge in [0.2, 0.25) is 0 Å². The van der Waals surface area contributed by atoms with E-state index in [1.165, 1.54) is 12.3 Å². The molecule has 0 aliphatic carbocycles. The minimum atomic E-state index is -0.332. The largest absolute Gasteiger partial charge is 0.301 e. The molecule has 6 heteroatoms. The van der Waals surface area contributed by atoms with Crippen molar-refractivity contribution in [3.63, 3.8) is 0 Å². The van der Waals surface area contributed by atoms with Crippen LogP contribution in [0, 0.1) is 5.82 Å². The second-order valence-corrected chi connectivity index (χ2v) is 5.03. The summed E-state index contributed by atoms with van der Waals surface area (Å²) in [4.78, 5) is 3.88. The highest BCUT2D eigenvalue weighted by molar-refractivity contribution is 5.37. The molecule has 3 rings (SSSR count). The zero-order chi connectivity index (χ0) is 14.8. The molecule has 1 N–H and O–H groups in total. The van der Waals surface area contributed by atoms with Gasteiger partial charge >= 0.3 is 0 Å². The molecule has 3 aromatic heterocycles. The van der Waals surface area contributed by atoms with Gasteiger partial charge < -0.3 is 5.32 Å². The molecule has 0 saturated carbocycles. The van der Waals surface area contributed by atoms with Crippen LogP contribution in [0.3, 0.4) is 0 Å². The molecule has 0 aliphatic rings. The summed E-state index contributed by atoms with van der Waals surface area (Å²) in [6.07, 6.45) is 4.79. The first-order chi connectivity index (χ1) is 10.1. The van der Waals surface area contributed by atoms with E-state index in [4.69, 9.17) is 0 Å². The molecule has 0 aromatic carbocycles. The van der Waals surface area contributed by atoms with Crippen LogP contribution in [-0.2, 0) is 0 Å². The van der Waals surface area contributed by atoms with Crippen LogP contribution in [0.15, 0.2) is 42.9 Å². The highest BCUT2D eigenvalue weighted by Gasteiger charge is 2.16. The zero-order valence-corrected chi connectivity index (χ0v) is 11.9. The number of nitrogens with zero attached hydrogens (tertiary/aromatic N) is 4. The summed E-state index contributed by atoms with van der Waals surface area (Å²) >= 11 is 0. The van der Waals surface area contributed by atoms with Gasteiger partial charge in [0.05, 0.1) is 12.2 Å². The fourth-order valence-corrected chi connectivity index (χ4v) is 2.37. The van der Waals surface area contributed by atoms with Gasteiger partial charge in [-0.15, -0.1) is 10.2 Å². The first-order valence-corrected chi connectivity index (χ1v) is 6.81. The van der Waals surface area contributed by atoms with Crippen LogP contribution >= 0.6 is 0 Å². The van der Waals surface area contributed by atoms with Crippen molar-refractivity contribution >= 4 is 5.65 Å². The van der Waals surface area contributed by atoms with Crippen molar-refractivity contribution in [3.05, 3.63) is 60.1 Å². The Morgan fingerprint density at radius 3 is 2.81 bits per heavy atom. The molecule has 3 heterocycles. The number of hydrogen-bond acceptors (Lipinski definition) is 4. The Hall–Kier alpha value is -2.34. The Balaban J connectivity index is 1.81. The molecule has 0 fully saturated rings. The summed E-state index contributed by atoms with van der Waals surface area (Å²) < 4.78 is 15.2. The quantitative estimate of drug-likeness (QED) is 0.800. The van der Waals surface area contributed by atoms with Crippen molar-refractivity contribution < 1.29 is 4.39 Å². The average molecular weight is 285 g/mol. The first-order valence-electron chi connectivity index (χ1n) is 6.81. The third-order valence-electron chi connectivity index (χ3n) is 3.45. The van der Waals surface area contributed by atoms with Gasteiger partial charge in [0, 0.05) is 18.4 Å². The van der Waals surface area contributed by atoms with Gasteiger partial charge in [-0.25, -0.2) is 4.39 Å². The predicted molar refractivity (Wildman–Crippen MR) is 77.1 cm³/mol. The standard InChI is InChI=1S/C15H16FN5/c1-10(12-7-13(16)9-17-8-12)18-11(2)15-20-19-14-5-3-4-6-21(14)15/h3-11,18H,1-2H3. The molecule has 5 nitrogen and oxygen atoms in total. The lowest BCUT2D eigenvalue weighted by molar-refractivity contribution is 0.470. The molecular weight excluding hydrogens is 269 g/mol. The van der Waals surface area contributed by atoms with Crippen molar-refractivity contribution in [2.75, 3.05) is 0 Å². The summed E-state index contributed by atoms with van der Waals surface area (Å²) in [5.74, 6) is 0.489. The zero-order valence-electron chi connectivity index (χ0n) is 11.9. The summed E-state index contributed by atoms with van der Waals surface area (Å²) in [6, 6.07) is 7.18. The highest BCUT2D eigenvalue weighted by atomic mass is 19.1. The maximum absolute atomic E-state index is 13.2. The summed E-state index contributed by atoms with van der Waals surface area (Å²) in [7, 11) is 0. The van der Waals surface area contributed by atoms with Crippen molar-refractivity contribution in [2.24, 2.45) is 0 Å². The van der Waals surface area contributed by atoms with Crippen LogP contribution in [0.1, 0.15) is 37.3 Å². The monoisotopic (exact) mass is 285 g/mol. The third-order valence-corrected chi connectivity index (χ3v) is 3.45. The molecule has 0 bridgehead atoms. The Morgan fingerprint density at radius 1 is 1.14 bits per heavy atom. The Kier molecular flexibility index (Phi) is 3.62. The number of rotatable bonds is 4. The van der Waals surface area contributed by atoms with Gasteiger partial charge in [-0.05, 0) is 37.6 Å². The van der Waals surface area contributed by atoms with E-state index in [9.17, 15) is 4.39 Å². The van der Waals surface area contributed by atoms with Crippen LogP contribution < -0.4 is 5.32 Å². The van der Waals surface area contributed by atoms with Crippen LogP contribution in [0.5, 0.6) is 0 Å². The second kappa shape index (κ2) is 5.57. The van der Waals surface area contributed by atoms with E-state index in [1.54, 1.807) is 6.20 Å². The molecule has 2 unspecified atom stereocenters. The maximum atomic E-state index is 13.2. The molecule has 0 saturated heterocycles. The van der Waals surface area contributed by atoms with Crippen molar-refractivity contribution in [3.8, 4) is 0 Å². The lowest BCUT2D eigenvalue weighted by atomic mass is 10.1. The first kappa shape index (κ1) is 13.6. The third kappa shape index (κ3) is 2.75. The molecular formula is C15H16FN5. The molecule has 0 spiro atoms. The Morgan fingerprint density at radius 2 is 2.00 bits per heavy atom. The number of fused-ring (bicyclic) bond motifs is 1. The second-order valence-electron chi connectivity index (χ2n) is 5.03. The summed E-state index contributed by atoms with van der Waals surface area (Å²) in [6.45, 7) is 3.98. The molecule has 0 amide bonds. The van der Waals surface area contributed by atoms with Gasteiger partial charge in [0.15, 0.2) is 11.5 Å². The van der Waals surface area contributed by atoms with Gasteiger partial charge in [0.1, 0.15) is 5.82 Å².